The molecular formula is C84H160NO8P. The highest BCUT2D eigenvalue weighted by Crippen LogP contribution is 2.43. The molecule has 94 heavy (non-hydrogen) atoms. The van der Waals surface area contributed by atoms with Gasteiger partial charge < -0.3 is 20.1 Å². The van der Waals surface area contributed by atoms with Gasteiger partial charge in [-0.25, -0.2) is 4.57 Å². The zero-order valence-electron chi connectivity index (χ0n) is 62.7. The average Bonchev–Trinajstić information content (AvgIpc) is 2.74. The summed E-state index contributed by atoms with van der Waals surface area (Å²) in [6.07, 6.45) is 104. The molecule has 2 unspecified atom stereocenters. The zero-order valence-corrected chi connectivity index (χ0v) is 63.6. The van der Waals surface area contributed by atoms with Crippen LogP contribution in [0.4, 0.5) is 0 Å². The third kappa shape index (κ3) is 79.0. The van der Waals surface area contributed by atoms with Crippen molar-refractivity contribution in [2.24, 2.45) is 5.73 Å². The Balaban J connectivity index is 3.72. The van der Waals surface area contributed by atoms with Crippen LogP contribution in [0.3, 0.4) is 0 Å². The second-order valence-corrected chi connectivity index (χ2v) is 29.8. The second-order valence-electron chi connectivity index (χ2n) is 28.3. The molecule has 10 heteroatoms. The molecule has 0 aliphatic rings. The molecule has 0 radical (unpaired) electrons. The van der Waals surface area contributed by atoms with Crippen molar-refractivity contribution in [1.29, 1.82) is 0 Å². The van der Waals surface area contributed by atoms with Gasteiger partial charge >= 0.3 is 19.8 Å². The molecule has 0 aromatic carbocycles. The van der Waals surface area contributed by atoms with Gasteiger partial charge in [-0.05, 0) is 51.4 Å². The minimum absolute atomic E-state index is 0.0568. The first-order valence-corrected chi connectivity index (χ1v) is 43.1. The summed E-state index contributed by atoms with van der Waals surface area (Å²) < 4.78 is 33.3. The normalized spacial score (nSPS) is 13.0. The van der Waals surface area contributed by atoms with E-state index in [0.29, 0.717) is 6.42 Å². The Morgan fingerprint density at radius 3 is 0.872 bits per heavy atom. The lowest BCUT2D eigenvalue weighted by Gasteiger charge is -2.19. The quantitative estimate of drug-likeness (QED) is 0.0264. The maximum Gasteiger partial charge on any atom is 0.472 e. The molecule has 0 fully saturated rings. The Morgan fingerprint density at radius 2 is 0.585 bits per heavy atom. The molecule has 554 valence electrons. The summed E-state index contributed by atoms with van der Waals surface area (Å²) in [4.78, 5) is 35.5. The van der Waals surface area contributed by atoms with E-state index in [2.05, 4.69) is 62.5 Å². The maximum atomic E-state index is 12.8. The van der Waals surface area contributed by atoms with Crippen LogP contribution < -0.4 is 5.73 Å². The number of unbranched alkanes of at least 4 members (excludes halogenated alkanes) is 59. The number of rotatable bonds is 80. The van der Waals surface area contributed by atoms with Crippen molar-refractivity contribution >= 4 is 19.8 Å². The van der Waals surface area contributed by atoms with Gasteiger partial charge in [-0.1, -0.05) is 428 Å². The fourth-order valence-corrected chi connectivity index (χ4v) is 13.6. The number of phosphoric acid groups is 1. The summed E-state index contributed by atoms with van der Waals surface area (Å²) >= 11 is 0. The van der Waals surface area contributed by atoms with Gasteiger partial charge in [0.2, 0.25) is 0 Å². The van der Waals surface area contributed by atoms with Crippen LogP contribution in [0.25, 0.3) is 0 Å². The van der Waals surface area contributed by atoms with Gasteiger partial charge in [0.05, 0.1) is 13.2 Å². The number of phosphoric ester groups is 1. The number of nitrogens with two attached hydrogens (primary N) is 1. The second kappa shape index (κ2) is 80.0. The summed E-state index contributed by atoms with van der Waals surface area (Å²) in [5.41, 5.74) is 5.42. The van der Waals surface area contributed by atoms with E-state index >= 15 is 0 Å². The van der Waals surface area contributed by atoms with Gasteiger partial charge in [0.15, 0.2) is 6.10 Å². The first kappa shape index (κ1) is 92.0. The van der Waals surface area contributed by atoms with Crippen molar-refractivity contribution in [3.05, 3.63) is 48.6 Å². The predicted octanol–water partition coefficient (Wildman–Crippen LogP) is 27.9. The van der Waals surface area contributed by atoms with Crippen molar-refractivity contribution in [1.82, 2.24) is 0 Å². The number of esters is 2. The van der Waals surface area contributed by atoms with Gasteiger partial charge in [-0.15, -0.1) is 0 Å². The van der Waals surface area contributed by atoms with E-state index in [1.165, 1.54) is 353 Å². The number of carbonyl (C=O) groups is 2. The van der Waals surface area contributed by atoms with Crippen LogP contribution in [-0.2, 0) is 32.7 Å². The van der Waals surface area contributed by atoms with E-state index < -0.39 is 26.5 Å². The first-order valence-electron chi connectivity index (χ1n) is 41.6. The summed E-state index contributed by atoms with van der Waals surface area (Å²) in [7, 11) is -4.39. The highest BCUT2D eigenvalue weighted by molar-refractivity contribution is 7.47. The number of allylic oxidation sites excluding steroid dienone is 8. The Morgan fingerprint density at radius 1 is 0.330 bits per heavy atom. The summed E-state index contributed by atoms with van der Waals surface area (Å²) in [6, 6.07) is 0. The molecule has 0 aromatic heterocycles. The molecule has 0 saturated carbocycles. The van der Waals surface area contributed by atoms with E-state index in [0.717, 1.165) is 57.8 Å². The van der Waals surface area contributed by atoms with E-state index in [1.54, 1.807) is 0 Å². The van der Waals surface area contributed by atoms with Crippen LogP contribution in [0.2, 0.25) is 0 Å². The smallest absolute Gasteiger partial charge is 0.462 e. The van der Waals surface area contributed by atoms with E-state index in [4.69, 9.17) is 24.3 Å². The molecule has 0 aromatic rings. The molecule has 0 amide bonds. The Labute approximate surface area is 585 Å². The minimum Gasteiger partial charge on any atom is -0.462 e. The molecule has 0 saturated heterocycles. The van der Waals surface area contributed by atoms with Gasteiger partial charge in [0, 0.05) is 19.4 Å². The first-order chi connectivity index (χ1) is 46.3. The van der Waals surface area contributed by atoms with Crippen molar-refractivity contribution in [2.75, 3.05) is 26.4 Å². The average molecular weight is 1340 g/mol. The third-order valence-corrected chi connectivity index (χ3v) is 20.0. The van der Waals surface area contributed by atoms with E-state index in [-0.39, 0.29) is 38.6 Å². The van der Waals surface area contributed by atoms with Gasteiger partial charge in [0.1, 0.15) is 6.61 Å². The molecule has 2 atom stereocenters. The fraction of sp³-hybridized carbons (Fsp3) is 0.881. The summed E-state index contributed by atoms with van der Waals surface area (Å²) in [5, 5.41) is 0. The standard InChI is InChI=1S/C84H160NO8P/c1-3-5-7-9-11-13-15-17-19-21-23-25-27-29-31-33-35-37-39-40-41-42-43-45-47-49-51-53-55-57-59-61-63-65-67-69-71-73-75-77-84(87)93-82(81-92-94(88,89)91-79-78-85)80-90-83(86)76-74-72-70-68-66-64-62-60-58-56-54-52-50-48-46-44-38-36-34-32-30-28-26-24-22-20-18-16-14-12-10-8-6-4-2/h5,7,11,13,17,19,23,25,82H,3-4,6,8-10,12,14-16,18,20-22,24,26-81,85H2,1-2H3,(H,88,89)/b7-5-,13-11-,19-17-,25-23-. The number of hydrogen-bond acceptors (Lipinski definition) is 8. The Hall–Kier alpha value is -2.03. The number of hydrogen-bond donors (Lipinski definition) is 2. The molecule has 3 N–H and O–H groups in total. The van der Waals surface area contributed by atoms with Crippen LogP contribution in [-0.4, -0.2) is 49.3 Å². The van der Waals surface area contributed by atoms with Crippen LogP contribution in [0.15, 0.2) is 48.6 Å². The van der Waals surface area contributed by atoms with Crippen LogP contribution in [0, 0.1) is 0 Å². The SMILES string of the molecule is CC/C=C\C/C=C\C/C=C\C/C=C\CCCCCCCCCCCCCCCCCCCCCCCCCCCCC(=O)OC(COC(=O)CCCCCCCCCCCCCCCCCCCCCCCCCCCCCCCCCCCC)COP(=O)(O)OCCN. The zero-order chi connectivity index (χ0) is 67.9. The molecule has 0 aliphatic heterocycles. The van der Waals surface area contributed by atoms with E-state index in [9.17, 15) is 19.0 Å². The number of carbonyl (C=O) groups excluding carboxylic acids is 2. The van der Waals surface area contributed by atoms with Crippen molar-refractivity contribution < 1.29 is 37.6 Å². The van der Waals surface area contributed by atoms with Gasteiger partial charge in [-0.2, -0.15) is 0 Å². The van der Waals surface area contributed by atoms with Gasteiger partial charge in [0.25, 0.3) is 0 Å². The summed E-state index contributed by atoms with van der Waals surface area (Å²) in [5.74, 6) is -0.799. The molecule has 0 bridgehead atoms. The largest absolute Gasteiger partial charge is 0.472 e. The maximum absolute atomic E-state index is 12.8. The van der Waals surface area contributed by atoms with Crippen LogP contribution in [0.5, 0.6) is 0 Å². The van der Waals surface area contributed by atoms with Crippen molar-refractivity contribution in [2.45, 2.75) is 450 Å². The fourth-order valence-electron chi connectivity index (χ4n) is 12.9. The van der Waals surface area contributed by atoms with Crippen LogP contribution >= 0.6 is 7.82 Å². The molecule has 0 aliphatic carbocycles. The third-order valence-electron chi connectivity index (χ3n) is 19.0. The molecule has 0 heterocycles. The lowest BCUT2D eigenvalue weighted by Crippen LogP contribution is -2.29. The lowest BCUT2D eigenvalue weighted by atomic mass is 10.0. The van der Waals surface area contributed by atoms with Crippen LogP contribution in [0.1, 0.15) is 444 Å². The van der Waals surface area contributed by atoms with Crippen molar-refractivity contribution in [3.8, 4) is 0 Å². The molecular weight excluding hydrogens is 1180 g/mol. The topological polar surface area (TPSA) is 134 Å². The molecule has 0 spiro atoms. The molecule has 0 rings (SSSR count). The lowest BCUT2D eigenvalue weighted by molar-refractivity contribution is -0.161. The predicted molar refractivity (Wildman–Crippen MR) is 409 cm³/mol. The highest BCUT2D eigenvalue weighted by Gasteiger charge is 2.26. The summed E-state index contributed by atoms with van der Waals surface area (Å²) in [6.45, 7) is 3.72. The Kier molecular flexibility index (Phi) is 78.2. The Bertz CT molecular complexity index is 1680. The van der Waals surface area contributed by atoms with E-state index in [1.807, 2.05) is 0 Å². The van der Waals surface area contributed by atoms with Crippen molar-refractivity contribution in [3.63, 3.8) is 0 Å². The number of ether oxygens (including phenoxy) is 2. The molecule has 9 nitrogen and oxygen atoms in total. The van der Waals surface area contributed by atoms with Gasteiger partial charge in [-0.3, -0.25) is 18.6 Å². The highest BCUT2D eigenvalue weighted by atomic mass is 31.2. The minimum atomic E-state index is -4.39. The monoisotopic (exact) mass is 1340 g/mol.